The van der Waals surface area contributed by atoms with Crippen molar-refractivity contribution in [3.63, 3.8) is 0 Å². The van der Waals surface area contributed by atoms with Crippen LogP contribution < -0.4 is 5.32 Å². The van der Waals surface area contributed by atoms with E-state index in [9.17, 15) is 4.79 Å². The molecule has 0 spiro atoms. The van der Waals surface area contributed by atoms with Crippen LogP contribution in [0.15, 0.2) is 36.5 Å². The molecule has 150 valence electrons. The van der Waals surface area contributed by atoms with Crippen LogP contribution in [0.5, 0.6) is 0 Å². The number of hydrogen-bond acceptors (Lipinski definition) is 5. The minimum Gasteiger partial charge on any atom is -0.337 e. The number of rotatable bonds is 4. The molecule has 28 heavy (non-hydrogen) atoms. The summed E-state index contributed by atoms with van der Waals surface area (Å²) < 4.78 is 1.73. The van der Waals surface area contributed by atoms with Crippen molar-refractivity contribution in [3.05, 3.63) is 47.9 Å². The van der Waals surface area contributed by atoms with Gasteiger partial charge in [0.1, 0.15) is 0 Å². The van der Waals surface area contributed by atoms with E-state index >= 15 is 0 Å². The first-order valence-corrected chi connectivity index (χ1v) is 8.89. The number of halogens is 2. The van der Waals surface area contributed by atoms with Crippen LogP contribution in [-0.4, -0.2) is 57.5 Å². The third-order valence-corrected chi connectivity index (χ3v) is 5.01. The van der Waals surface area contributed by atoms with Crippen molar-refractivity contribution >= 4 is 41.6 Å². The lowest BCUT2D eigenvalue weighted by atomic mass is 10.1. The highest BCUT2D eigenvalue weighted by Crippen LogP contribution is 2.23. The van der Waals surface area contributed by atoms with E-state index in [0.717, 1.165) is 48.3 Å². The molecule has 1 fully saturated rings. The average molecular weight is 423 g/mol. The minimum atomic E-state index is -0.0364. The number of likely N-dealkylation sites (tertiary alicyclic amines) is 1. The molecule has 1 atom stereocenters. The predicted molar refractivity (Wildman–Crippen MR) is 114 cm³/mol. The smallest absolute Gasteiger partial charge is 0.276 e. The summed E-state index contributed by atoms with van der Waals surface area (Å²) in [7, 11) is 1.94. The lowest BCUT2D eigenvalue weighted by molar-refractivity contribution is 0.0780. The molecule has 3 aromatic rings. The summed E-state index contributed by atoms with van der Waals surface area (Å²) in [5.41, 5.74) is 2.95. The lowest BCUT2D eigenvalue weighted by Crippen LogP contribution is -2.31. The van der Waals surface area contributed by atoms with E-state index in [-0.39, 0.29) is 30.7 Å². The Morgan fingerprint density at radius 2 is 2.07 bits per heavy atom. The summed E-state index contributed by atoms with van der Waals surface area (Å²) in [6, 6.07) is 9.78. The Hall–Kier alpha value is -2.22. The number of hydrogen-bond donors (Lipinski definition) is 1. The molecule has 1 N–H and O–H groups in total. The number of nitrogens with zero attached hydrogens (tertiary/aromatic N) is 5. The molecule has 0 aliphatic carbocycles. The van der Waals surface area contributed by atoms with Gasteiger partial charge in [-0.25, -0.2) is 4.68 Å². The van der Waals surface area contributed by atoms with E-state index in [1.165, 1.54) is 0 Å². The quantitative estimate of drug-likeness (QED) is 0.699. The van der Waals surface area contributed by atoms with Crippen LogP contribution in [0.3, 0.4) is 0 Å². The zero-order chi connectivity index (χ0) is 18.1. The molecule has 9 heteroatoms. The Morgan fingerprint density at radius 3 is 2.86 bits per heavy atom. The third-order valence-electron chi connectivity index (χ3n) is 5.01. The molecule has 1 saturated heterocycles. The van der Waals surface area contributed by atoms with Gasteiger partial charge < -0.3 is 10.2 Å². The van der Waals surface area contributed by atoms with Gasteiger partial charge in [-0.1, -0.05) is 11.3 Å². The number of pyridine rings is 1. The number of carbonyl (C=O) groups is 1. The average Bonchev–Trinajstić information content (AvgIpc) is 3.28. The van der Waals surface area contributed by atoms with Crippen LogP contribution in [-0.2, 0) is 0 Å². The summed E-state index contributed by atoms with van der Waals surface area (Å²) in [5, 5.41) is 12.6. The zero-order valence-corrected chi connectivity index (χ0v) is 17.5. The maximum absolute atomic E-state index is 12.9. The molecule has 2 aromatic heterocycles. The molecule has 1 aliphatic heterocycles. The Labute approximate surface area is 176 Å². The van der Waals surface area contributed by atoms with Gasteiger partial charge in [-0.3, -0.25) is 9.78 Å². The predicted octanol–water partition coefficient (Wildman–Crippen LogP) is 2.65. The van der Waals surface area contributed by atoms with Crippen molar-refractivity contribution in [2.75, 3.05) is 26.7 Å². The standard InChI is InChI=1S/C19H22N6O.2ClH/c1-13-18(19(26)24-10-8-14(12-24)11-20-2)22-23-25(13)17-7-3-6-16-15(17)5-4-9-21-16;;/h3-7,9,14,20H,8,10-12H2,1-2H3;2*1H. The second kappa shape index (κ2) is 9.32. The molecule has 0 radical (unpaired) electrons. The summed E-state index contributed by atoms with van der Waals surface area (Å²) in [6.07, 6.45) is 2.79. The highest BCUT2D eigenvalue weighted by atomic mass is 35.5. The van der Waals surface area contributed by atoms with E-state index in [1.807, 2.05) is 49.2 Å². The molecular weight excluding hydrogens is 399 g/mol. The molecule has 1 aliphatic rings. The fourth-order valence-electron chi connectivity index (χ4n) is 3.65. The second-order valence-corrected chi connectivity index (χ2v) is 6.75. The molecule has 1 aromatic carbocycles. The van der Waals surface area contributed by atoms with Crippen molar-refractivity contribution in [2.45, 2.75) is 13.3 Å². The van der Waals surface area contributed by atoms with Crippen LogP contribution in [0, 0.1) is 12.8 Å². The zero-order valence-electron chi connectivity index (χ0n) is 15.8. The van der Waals surface area contributed by atoms with Crippen molar-refractivity contribution in [2.24, 2.45) is 5.92 Å². The molecule has 1 unspecified atom stereocenters. The molecule has 7 nitrogen and oxygen atoms in total. The van der Waals surface area contributed by atoms with Crippen molar-refractivity contribution in [1.82, 2.24) is 30.2 Å². The van der Waals surface area contributed by atoms with Crippen LogP contribution in [0.2, 0.25) is 0 Å². The largest absolute Gasteiger partial charge is 0.337 e. The van der Waals surface area contributed by atoms with Gasteiger partial charge >= 0.3 is 0 Å². The SMILES string of the molecule is CNCC1CCN(C(=O)c2nnn(-c3cccc4ncccc34)c2C)C1.Cl.Cl. The monoisotopic (exact) mass is 422 g/mol. The summed E-state index contributed by atoms with van der Waals surface area (Å²) in [5.74, 6) is 0.467. The first-order valence-electron chi connectivity index (χ1n) is 8.89. The number of nitrogens with one attached hydrogen (secondary N) is 1. The van der Waals surface area contributed by atoms with Crippen molar-refractivity contribution in [3.8, 4) is 5.69 Å². The molecule has 0 bridgehead atoms. The highest BCUT2D eigenvalue weighted by molar-refractivity contribution is 5.94. The van der Waals surface area contributed by atoms with Gasteiger partial charge in [0.2, 0.25) is 0 Å². The van der Waals surface area contributed by atoms with Gasteiger partial charge in [0.15, 0.2) is 5.69 Å². The topological polar surface area (TPSA) is 75.9 Å². The van der Waals surface area contributed by atoms with Gasteiger partial charge in [0.05, 0.1) is 16.9 Å². The van der Waals surface area contributed by atoms with E-state index in [1.54, 1.807) is 10.9 Å². The molecular formula is C19H24Cl2N6O. The Bertz CT molecular complexity index is 955. The van der Waals surface area contributed by atoms with Crippen LogP contribution in [0.1, 0.15) is 22.6 Å². The first kappa shape index (κ1) is 22.1. The van der Waals surface area contributed by atoms with Gasteiger partial charge in [0, 0.05) is 24.7 Å². The van der Waals surface area contributed by atoms with E-state index in [4.69, 9.17) is 0 Å². The number of amides is 1. The number of benzene rings is 1. The Balaban J connectivity index is 0.00000140. The summed E-state index contributed by atoms with van der Waals surface area (Å²) in [4.78, 5) is 19.2. The number of aromatic nitrogens is 4. The van der Waals surface area contributed by atoms with Crippen molar-refractivity contribution in [1.29, 1.82) is 0 Å². The van der Waals surface area contributed by atoms with Gasteiger partial charge in [-0.2, -0.15) is 0 Å². The fraction of sp³-hybridized carbons (Fsp3) is 0.368. The number of fused-ring (bicyclic) bond motifs is 1. The Morgan fingerprint density at radius 1 is 1.25 bits per heavy atom. The molecule has 1 amide bonds. The van der Waals surface area contributed by atoms with Crippen molar-refractivity contribution < 1.29 is 4.79 Å². The minimum absolute atomic E-state index is 0. The van der Waals surface area contributed by atoms with Crippen LogP contribution in [0.4, 0.5) is 0 Å². The fourth-order valence-corrected chi connectivity index (χ4v) is 3.65. The second-order valence-electron chi connectivity index (χ2n) is 6.75. The first-order chi connectivity index (χ1) is 12.7. The summed E-state index contributed by atoms with van der Waals surface area (Å²) >= 11 is 0. The third kappa shape index (κ3) is 3.97. The highest BCUT2D eigenvalue weighted by Gasteiger charge is 2.29. The van der Waals surface area contributed by atoms with Gasteiger partial charge in [-0.05, 0) is 57.1 Å². The molecule has 3 heterocycles. The maximum Gasteiger partial charge on any atom is 0.276 e. The lowest BCUT2D eigenvalue weighted by Gasteiger charge is -2.15. The van der Waals surface area contributed by atoms with Crippen LogP contribution >= 0.6 is 24.8 Å². The maximum atomic E-state index is 12.9. The molecule has 0 saturated carbocycles. The Kier molecular flexibility index (Phi) is 7.35. The van der Waals surface area contributed by atoms with E-state index < -0.39 is 0 Å². The van der Waals surface area contributed by atoms with E-state index in [0.29, 0.717) is 11.6 Å². The number of carbonyl (C=O) groups excluding carboxylic acids is 1. The van der Waals surface area contributed by atoms with Gasteiger partial charge in [0.25, 0.3) is 5.91 Å². The van der Waals surface area contributed by atoms with Gasteiger partial charge in [-0.15, -0.1) is 29.9 Å². The molecule has 4 rings (SSSR count). The normalized spacial score (nSPS) is 15.9. The van der Waals surface area contributed by atoms with Crippen LogP contribution in [0.25, 0.3) is 16.6 Å². The summed E-state index contributed by atoms with van der Waals surface area (Å²) in [6.45, 7) is 4.36. The van der Waals surface area contributed by atoms with E-state index in [2.05, 4.69) is 20.6 Å².